The van der Waals surface area contributed by atoms with Gasteiger partial charge in [-0.3, -0.25) is 0 Å². The van der Waals surface area contributed by atoms with E-state index in [0.717, 1.165) is 31.5 Å². The maximum absolute atomic E-state index is 9.34. The number of nitrogens with zero attached hydrogens (tertiary/aromatic N) is 1. The Balaban J connectivity index is 2.04. The summed E-state index contributed by atoms with van der Waals surface area (Å²) in [5.41, 5.74) is 3.04. The summed E-state index contributed by atoms with van der Waals surface area (Å²) in [6.45, 7) is 9.00. The summed E-state index contributed by atoms with van der Waals surface area (Å²) in [5.74, 6) is 0.438. The molecular formula is C17H24N2O. The van der Waals surface area contributed by atoms with Crippen molar-refractivity contribution in [2.75, 3.05) is 0 Å². The van der Waals surface area contributed by atoms with E-state index in [9.17, 15) is 5.21 Å². The Kier molecular flexibility index (Phi) is 4.61. The van der Waals surface area contributed by atoms with Crippen molar-refractivity contribution in [3.8, 4) is 0 Å². The first-order valence-corrected chi connectivity index (χ1v) is 7.21. The smallest absolute Gasteiger partial charge is 0.0774 e. The fourth-order valence-electron chi connectivity index (χ4n) is 2.82. The molecule has 1 saturated carbocycles. The predicted octanol–water partition coefficient (Wildman–Crippen LogP) is 3.74. The lowest BCUT2D eigenvalue weighted by atomic mass is 9.74. The molecule has 1 aromatic rings. The van der Waals surface area contributed by atoms with Gasteiger partial charge in [0.05, 0.1) is 11.3 Å². The summed E-state index contributed by atoms with van der Waals surface area (Å²) < 4.78 is 0. The summed E-state index contributed by atoms with van der Waals surface area (Å²) >= 11 is 0. The molecule has 0 aromatic heterocycles. The Morgan fingerprint density at radius 3 is 2.75 bits per heavy atom. The van der Waals surface area contributed by atoms with Gasteiger partial charge in [-0.1, -0.05) is 47.6 Å². The number of oxime groups is 1. The third-order valence-corrected chi connectivity index (χ3v) is 4.41. The minimum absolute atomic E-state index is 0.226. The van der Waals surface area contributed by atoms with E-state index in [1.165, 1.54) is 11.1 Å². The van der Waals surface area contributed by atoms with Gasteiger partial charge in [0.15, 0.2) is 0 Å². The monoisotopic (exact) mass is 272 g/mol. The van der Waals surface area contributed by atoms with E-state index in [0.29, 0.717) is 5.92 Å². The average Bonchev–Trinajstić information content (AvgIpc) is 2.46. The molecule has 1 aliphatic rings. The van der Waals surface area contributed by atoms with E-state index in [-0.39, 0.29) is 5.54 Å². The normalized spacial score (nSPS) is 28.5. The summed E-state index contributed by atoms with van der Waals surface area (Å²) in [4.78, 5) is 0. The Morgan fingerprint density at radius 1 is 1.45 bits per heavy atom. The zero-order valence-corrected chi connectivity index (χ0v) is 12.4. The molecule has 2 rings (SSSR count). The second kappa shape index (κ2) is 6.23. The minimum atomic E-state index is -0.226. The van der Waals surface area contributed by atoms with Crippen molar-refractivity contribution in [2.45, 2.75) is 45.2 Å². The SMILES string of the molecule is C=C(C)[C@@H]1CC[C@@](C)(NCc2ccccc2)/C(=N\O)C1. The van der Waals surface area contributed by atoms with Crippen LogP contribution in [0.5, 0.6) is 0 Å². The number of rotatable bonds is 4. The third-order valence-electron chi connectivity index (χ3n) is 4.41. The van der Waals surface area contributed by atoms with Crippen LogP contribution in [0.15, 0.2) is 47.6 Å². The van der Waals surface area contributed by atoms with Crippen LogP contribution in [0, 0.1) is 5.92 Å². The van der Waals surface area contributed by atoms with E-state index in [4.69, 9.17) is 0 Å². The van der Waals surface area contributed by atoms with Crippen molar-refractivity contribution in [1.29, 1.82) is 0 Å². The van der Waals surface area contributed by atoms with Gasteiger partial charge in [0, 0.05) is 6.54 Å². The molecule has 1 aliphatic carbocycles. The van der Waals surface area contributed by atoms with Crippen molar-refractivity contribution in [3.63, 3.8) is 0 Å². The van der Waals surface area contributed by atoms with E-state index in [1.54, 1.807) is 0 Å². The van der Waals surface area contributed by atoms with Gasteiger partial charge in [-0.2, -0.15) is 0 Å². The number of benzene rings is 1. The molecule has 0 aliphatic heterocycles. The summed E-state index contributed by atoms with van der Waals surface area (Å²) in [7, 11) is 0. The van der Waals surface area contributed by atoms with Gasteiger partial charge in [0.25, 0.3) is 0 Å². The molecule has 0 spiro atoms. The summed E-state index contributed by atoms with van der Waals surface area (Å²) in [6.07, 6.45) is 2.85. The van der Waals surface area contributed by atoms with Gasteiger partial charge in [0.2, 0.25) is 0 Å². The number of allylic oxidation sites excluding steroid dienone is 1. The molecule has 0 amide bonds. The molecule has 0 heterocycles. The number of nitrogens with one attached hydrogen (secondary N) is 1. The Labute approximate surface area is 121 Å². The molecule has 3 nitrogen and oxygen atoms in total. The molecule has 108 valence electrons. The average molecular weight is 272 g/mol. The highest BCUT2D eigenvalue weighted by Gasteiger charge is 2.37. The van der Waals surface area contributed by atoms with Crippen LogP contribution in [0.2, 0.25) is 0 Å². The van der Waals surface area contributed by atoms with Crippen LogP contribution in [0.1, 0.15) is 38.7 Å². The van der Waals surface area contributed by atoms with Crippen LogP contribution < -0.4 is 5.32 Å². The molecule has 1 aromatic carbocycles. The molecule has 0 saturated heterocycles. The highest BCUT2D eigenvalue weighted by molar-refractivity contribution is 5.93. The van der Waals surface area contributed by atoms with Gasteiger partial charge in [-0.15, -0.1) is 0 Å². The molecule has 1 fully saturated rings. The van der Waals surface area contributed by atoms with Gasteiger partial charge in [0.1, 0.15) is 0 Å². The summed E-state index contributed by atoms with van der Waals surface area (Å²) in [6, 6.07) is 10.3. The maximum Gasteiger partial charge on any atom is 0.0774 e. The quantitative estimate of drug-likeness (QED) is 0.498. The van der Waals surface area contributed by atoms with E-state index >= 15 is 0 Å². The van der Waals surface area contributed by atoms with Gasteiger partial charge in [-0.05, 0) is 44.6 Å². The van der Waals surface area contributed by atoms with Crippen molar-refractivity contribution in [1.82, 2.24) is 5.32 Å². The van der Waals surface area contributed by atoms with Crippen LogP contribution >= 0.6 is 0 Å². The first kappa shape index (κ1) is 14.8. The first-order valence-electron chi connectivity index (χ1n) is 7.21. The standard InChI is InChI=1S/C17H24N2O/c1-13(2)15-9-10-17(3,16(11-15)19-20)18-12-14-7-5-4-6-8-14/h4-8,15,18,20H,1,9-12H2,2-3H3/b19-16-/t15-,17-/m1/s1. The van der Waals surface area contributed by atoms with Crippen LogP contribution in [-0.2, 0) is 6.54 Å². The predicted molar refractivity (Wildman–Crippen MR) is 83.1 cm³/mol. The van der Waals surface area contributed by atoms with Gasteiger partial charge in [-0.25, -0.2) is 0 Å². The number of hydrogen-bond donors (Lipinski definition) is 2. The second-order valence-electron chi connectivity index (χ2n) is 6.00. The zero-order chi connectivity index (χ0) is 14.6. The van der Waals surface area contributed by atoms with Crippen molar-refractivity contribution < 1.29 is 5.21 Å². The van der Waals surface area contributed by atoms with Gasteiger partial charge < -0.3 is 10.5 Å². The minimum Gasteiger partial charge on any atom is -0.411 e. The van der Waals surface area contributed by atoms with Crippen LogP contribution in [0.3, 0.4) is 0 Å². The molecule has 0 unspecified atom stereocenters. The molecule has 3 heteroatoms. The fourth-order valence-corrected chi connectivity index (χ4v) is 2.82. The summed E-state index contributed by atoms with van der Waals surface area (Å²) in [5, 5.41) is 16.5. The lowest BCUT2D eigenvalue weighted by molar-refractivity contribution is 0.287. The Morgan fingerprint density at radius 2 is 2.15 bits per heavy atom. The van der Waals surface area contributed by atoms with Gasteiger partial charge >= 0.3 is 0 Å². The molecular weight excluding hydrogens is 248 g/mol. The lowest BCUT2D eigenvalue weighted by Crippen LogP contribution is -2.52. The van der Waals surface area contributed by atoms with Crippen LogP contribution in [0.25, 0.3) is 0 Å². The molecule has 2 atom stereocenters. The zero-order valence-electron chi connectivity index (χ0n) is 12.4. The Hall–Kier alpha value is -1.61. The second-order valence-corrected chi connectivity index (χ2v) is 6.00. The molecule has 20 heavy (non-hydrogen) atoms. The molecule has 0 bridgehead atoms. The molecule has 2 N–H and O–H groups in total. The third kappa shape index (κ3) is 3.28. The lowest BCUT2D eigenvalue weighted by Gasteiger charge is -2.39. The fraction of sp³-hybridized carbons (Fsp3) is 0.471. The largest absolute Gasteiger partial charge is 0.411 e. The highest BCUT2D eigenvalue weighted by Crippen LogP contribution is 2.33. The first-order chi connectivity index (χ1) is 9.55. The van der Waals surface area contributed by atoms with Crippen molar-refractivity contribution >= 4 is 5.71 Å². The topological polar surface area (TPSA) is 44.6 Å². The van der Waals surface area contributed by atoms with E-state index < -0.39 is 0 Å². The maximum atomic E-state index is 9.34. The van der Waals surface area contributed by atoms with E-state index in [2.05, 4.69) is 43.0 Å². The Bertz CT molecular complexity index is 495. The van der Waals surface area contributed by atoms with E-state index in [1.807, 2.05) is 18.2 Å². The highest BCUT2D eigenvalue weighted by atomic mass is 16.4. The molecule has 0 radical (unpaired) electrons. The van der Waals surface area contributed by atoms with Crippen molar-refractivity contribution in [2.24, 2.45) is 11.1 Å². The number of hydrogen-bond acceptors (Lipinski definition) is 3. The van der Waals surface area contributed by atoms with Crippen LogP contribution in [-0.4, -0.2) is 16.5 Å². The van der Waals surface area contributed by atoms with Crippen molar-refractivity contribution in [3.05, 3.63) is 48.0 Å². The van der Waals surface area contributed by atoms with Crippen LogP contribution in [0.4, 0.5) is 0 Å².